The van der Waals surface area contributed by atoms with Gasteiger partial charge in [-0.15, -0.1) is 5.10 Å². The monoisotopic (exact) mass is 304 g/mol. The number of ether oxygens (including phenoxy) is 1. The molecule has 5 nitrogen and oxygen atoms in total. The molecule has 4 aromatic rings. The minimum atomic E-state index is 0.666. The summed E-state index contributed by atoms with van der Waals surface area (Å²) in [7, 11) is 1.67. The normalized spacial score (nSPS) is 11.0. The number of nitrogens with zero attached hydrogens (tertiary/aromatic N) is 3. The van der Waals surface area contributed by atoms with Crippen LogP contribution in [0.2, 0.25) is 0 Å². The van der Waals surface area contributed by atoms with Crippen molar-refractivity contribution in [2.75, 3.05) is 7.11 Å². The molecule has 0 saturated carbocycles. The molecule has 0 bridgehead atoms. The number of H-pyrrole nitrogens is 1. The number of rotatable bonds is 4. The van der Waals surface area contributed by atoms with Crippen LogP contribution in [-0.4, -0.2) is 27.1 Å². The number of methoxy groups -OCH3 is 1. The van der Waals surface area contributed by atoms with Crippen molar-refractivity contribution in [2.24, 2.45) is 0 Å². The van der Waals surface area contributed by atoms with Gasteiger partial charge in [0.1, 0.15) is 5.75 Å². The summed E-state index contributed by atoms with van der Waals surface area (Å²) in [5.74, 6) is 0.851. The third-order valence-electron chi connectivity index (χ3n) is 3.97. The number of fused-ring (bicyclic) bond motifs is 1. The van der Waals surface area contributed by atoms with Gasteiger partial charge in [-0.2, -0.15) is 0 Å². The maximum absolute atomic E-state index is 5.20. The quantitative estimate of drug-likeness (QED) is 0.628. The van der Waals surface area contributed by atoms with Crippen LogP contribution < -0.4 is 4.74 Å². The zero-order valence-electron chi connectivity index (χ0n) is 12.7. The fraction of sp³-hybridized carbons (Fsp3) is 0.111. The molecule has 0 aliphatic carbocycles. The van der Waals surface area contributed by atoms with Gasteiger partial charge in [0.15, 0.2) is 0 Å². The second-order valence-corrected chi connectivity index (χ2v) is 5.37. The Balaban J connectivity index is 1.70. The second kappa shape index (κ2) is 5.61. The first-order chi connectivity index (χ1) is 11.3. The third-order valence-corrected chi connectivity index (χ3v) is 3.97. The molecule has 2 aromatic carbocycles. The van der Waals surface area contributed by atoms with E-state index < -0.39 is 0 Å². The van der Waals surface area contributed by atoms with Crippen LogP contribution in [0, 0.1) is 0 Å². The van der Waals surface area contributed by atoms with E-state index in [-0.39, 0.29) is 0 Å². The highest BCUT2D eigenvalue weighted by atomic mass is 16.5. The predicted octanol–water partition coefficient (Wildman–Crippen LogP) is 3.48. The molecule has 114 valence electrons. The predicted molar refractivity (Wildman–Crippen MR) is 89.4 cm³/mol. The van der Waals surface area contributed by atoms with Crippen molar-refractivity contribution < 1.29 is 4.74 Å². The summed E-state index contributed by atoms with van der Waals surface area (Å²) in [6.45, 7) is 0.666. The summed E-state index contributed by atoms with van der Waals surface area (Å²) in [6.07, 6.45) is 3.81. The number of benzene rings is 2. The van der Waals surface area contributed by atoms with Crippen LogP contribution in [0.15, 0.2) is 60.9 Å². The Labute approximate surface area is 133 Å². The van der Waals surface area contributed by atoms with E-state index in [0.717, 1.165) is 28.1 Å². The topological polar surface area (TPSA) is 55.7 Å². The second-order valence-electron chi connectivity index (χ2n) is 5.37. The van der Waals surface area contributed by atoms with Gasteiger partial charge in [0.05, 0.1) is 25.5 Å². The first kappa shape index (κ1) is 13.6. The smallest absolute Gasteiger partial charge is 0.118 e. The number of nitrogens with one attached hydrogen (secondary N) is 1. The standard InChI is InChI=1S/C18H16N4O/c1-23-14-8-6-13(7-9-14)12-22-18(11-20-21-22)16-10-19-17-5-3-2-4-15(16)17/h2-11,19H,12H2,1H3. The molecule has 0 amide bonds. The fourth-order valence-electron chi connectivity index (χ4n) is 2.77. The van der Waals surface area contributed by atoms with Crippen molar-refractivity contribution in [1.29, 1.82) is 0 Å². The van der Waals surface area contributed by atoms with Gasteiger partial charge in [0.25, 0.3) is 0 Å². The molecule has 0 atom stereocenters. The Hall–Kier alpha value is -3.08. The average molecular weight is 304 g/mol. The first-order valence-corrected chi connectivity index (χ1v) is 7.43. The SMILES string of the molecule is COc1ccc(Cn2nncc2-c2c[nH]c3ccccc23)cc1. The largest absolute Gasteiger partial charge is 0.497 e. The molecule has 0 fully saturated rings. The van der Waals surface area contributed by atoms with Gasteiger partial charge in [-0.1, -0.05) is 35.5 Å². The van der Waals surface area contributed by atoms with Crippen molar-refractivity contribution in [2.45, 2.75) is 6.54 Å². The molecule has 2 heterocycles. The number of aromatic nitrogens is 4. The van der Waals surface area contributed by atoms with Crippen LogP contribution in [-0.2, 0) is 6.54 Å². The lowest BCUT2D eigenvalue weighted by molar-refractivity contribution is 0.414. The molecular weight excluding hydrogens is 288 g/mol. The maximum atomic E-state index is 5.20. The van der Waals surface area contributed by atoms with Crippen molar-refractivity contribution in [3.63, 3.8) is 0 Å². The van der Waals surface area contributed by atoms with Gasteiger partial charge in [0.2, 0.25) is 0 Å². The van der Waals surface area contributed by atoms with Crippen LogP contribution in [0.3, 0.4) is 0 Å². The van der Waals surface area contributed by atoms with Crippen molar-refractivity contribution in [3.8, 4) is 17.0 Å². The minimum Gasteiger partial charge on any atom is -0.497 e. The van der Waals surface area contributed by atoms with Crippen molar-refractivity contribution in [1.82, 2.24) is 20.0 Å². The zero-order chi connectivity index (χ0) is 15.6. The third kappa shape index (κ3) is 2.46. The van der Waals surface area contributed by atoms with E-state index in [2.05, 4.69) is 27.4 Å². The van der Waals surface area contributed by atoms with E-state index in [1.165, 1.54) is 5.39 Å². The molecule has 23 heavy (non-hydrogen) atoms. The lowest BCUT2D eigenvalue weighted by Crippen LogP contribution is -2.03. The van der Waals surface area contributed by atoms with Gasteiger partial charge in [-0.25, -0.2) is 4.68 Å². The lowest BCUT2D eigenvalue weighted by atomic mass is 10.1. The number of aromatic amines is 1. The molecule has 0 unspecified atom stereocenters. The molecule has 5 heteroatoms. The van der Waals surface area contributed by atoms with E-state index in [0.29, 0.717) is 6.54 Å². The molecule has 0 aliphatic heterocycles. The summed E-state index contributed by atoms with van der Waals surface area (Å²) in [6, 6.07) is 16.2. The summed E-state index contributed by atoms with van der Waals surface area (Å²) in [5.41, 5.74) is 4.37. The molecule has 1 N–H and O–H groups in total. The molecule has 4 rings (SSSR count). The van der Waals surface area contributed by atoms with Crippen LogP contribution in [0.1, 0.15) is 5.56 Å². The van der Waals surface area contributed by atoms with Crippen LogP contribution in [0.25, 0.3) is 22.2 Å². The zero-order valence-corrected chi connectivity index (χ0v) is 12.7. The van der Waals surface area contributed by atoms with Gasteiger partial charge in [-0.05, 0) is 23.8 Å². The first-order valence-electron chi connectivity index (χ1n) is 7.43. The van der Waals surface area contributed by atoms with E-state index in [9.17, 15) is 0 Å². The maximum Gasteiger partial charge on any atom is 0.118 e. The van der Waals surface area contributed by atoms with Gasteiger partial charge in [0, 0.05) is 22.7 Å². The Bertz CT molecular complexity index is 937. The van der Waals surface area contributed by atoms with E-state index in [1.807, 2.05) is 47.3 Å². The average Bonchev–Trinajstić information content (AvgIpc) is 3.22. The molecule has 0 radical (unpaired) electrons. The summed E-state index contributed by atoms with van der Waals surface area (Å²) >= 11 is 0. The Kier molecular flexibility index (Phi) is 3.31. The van der Waals surface area contributed by atoms with Gasteiger partial charge < -0.3 is 9.72 Å². The molecule has 0 spiro atoms. The Morgan fingerprint density at radius 3 is 2.74 bits per heavy atom. The highest BCUT2D eigenvalue weighted by Crippen LogP contribution is 2.28. The van der Waals surface area contributed by atoms with Crippen LogP contribution in [0.5, 0.6) is 5.75 Å². The highest BCUT2D eigenvalue weighted by Gasteiger charge is 2.12. The van der Waals surface area contributed by atoms with Gasteiger partial charge in [-0.3, -0.25) is 0 Å². The number of hydrogen-bond donors (Lipinski definition) is 1. The van der Waals surface area contributed by atoms with E-state index >= 15 is 0 Å². The fourth-order valence-corrected chi connectivity index (χ4v) is 2.77. The van der Waals surface area contributed by atoms with Gasteiger partial charge >= 0.3 is 0 Å². The minimum absolute atomic E-state index is 0.666. The summed E-state index contributed by atoms with van der Waals surface area (Å²) in [4.78, 5) is 3.30. The van der Waals surface area contributed by atoms with E-state index in [4.69, 9.17) is 4.74 Å². The van der Waals surface area contributed by atoms with Crippen LogP contribution in [0.4, 0.5) is 0 Å². The van der Waals surface area contributed by atoms with Crippen molar-refractivity contribution in [3.05, 3.63) is 66.5 Å². The highest BCUT2D eigenvalue weighted by molar-refractivity contribution is 5.94. The number of para-hydroxylation sites is 1. The summed E-state index contributed by atoms with van der Waals surface area (Å²) in [5, 5.41) is 9.50. The molecule has 2 aromatic heterocycles. The molecule has 0 aliphatic rings. The van der Waals surface area contributed by atoms with E-state index in [1.54, 1.807) is 13.3 Å². The number of hydrogen-bond acceptors (Lipinski definition) is 3. The van der Waals surface area contributed by atoms with Crippen LogP contribution >= 0.6 is 0 Å². The van der Waals surface area contributed by atoms with Crippen molar-refractivity contribution >= 4 is 10.9 Å². The Morgan fingerprint density at radius 1 is 1.09 bits per heavy atom. The Morgan fingerprint density at radius 2 is 1.91 bits per heavy atom. The molecule has 0 saturated heterocycles. The summed E-state index contributed by atoms with van der Waals surface area (Å²) < 4.78 is 7.11. The lowest BCUT2D eigenvalue weighted by Gasteiger charge is -2.07. The molecular formula is C18H16N4O.